The van der Waals surface area contributed by atoms with Crippen molar-refractivity contribution in [3.05, 3.63) is 52.7 Å². The Hall–Kier alpha value is -4.67. The monoisotopic (exact) mass is 718 g/mol. The first-order valence-corrected chi connectivity index (χ1v) is 16.5. The van der Waals surface area contributed by atoms with E-state index in [1.54, 1.807) is 17.0 Å². The third-order valence-electron chi connectivity index (χ3n) is 11.0. The summed E-state index contributed by atoms with van der Waals surface area (Å²) in [5.74, 6) is -5.28. The zero-order chi connectivity index (χ0) is 36.2. The lowest BCUT2D eigenvalue weighted by Crippen LogP contribution is -2.43. The average Bonchev–Trinajstić information content (AvgIpc) is 3.27. The van der Waals surface area contributed by atoms with Gasteiger partial charge < -0.3 is 25.8 Å². The fourth-order valence-electron chi connectivity index (χ4n) is 8.35. The average molecular weight is 719 g/mol. The van der Waals surface area contributed by atoms with Crippen molar-refractivity contribution in [1.29, 1.82) is 0 Å². The van der Waals surface area contributed by atoms with Gasteiger partial charge in [-0.1, -0.05) is 6.07 Å². The summed E-state index contributed by atoms with van der Waals surface area (Å²) in [7, 11) is 0. The molecule has 270 valence electrons. The Morgan fingerprint density at radius 2 is 1.84 bits per heavy atom. The van der Waals surface area contributed by atoms with E-state index in [0.29, 0.717) is 24.6 Å². The van der Waals surface area contributed by atoms with Crippen molar-refractivity contribution in [2.45, 2.75) is 63.2 Å². The number of benzene rings is 1. The van der Waals surface area contributed by atoms with Crippen LogP contribution in [0, 0.1) is 24.0 Å². The number of aromatic nitrogens is 4. The lowest BCUT2D eigenvalue weighted by Gasteiger charge is -2.32. The van der Waals surface area contributed by atoms with Gasteiger partial charge in [0, 0.05) is 30.3 Å². The lowest BCUT2D eigenvalue weighted by atomic mass is 9.89. The zero-order valence-electron chi connectivity index (χ0n) is 27.6. The fourth-order valence-corrected chi connectivity index (χ4v) is 8.35. The van der Waals surface area contributed by atoms with Gasteiger partial charge in [0.15, 0.2) is 5.82 Å². The summed E-state index contributed by atoms with van der Waals surface area (Å²) in [5.41, 5.74) is 5.70. The fraction of sp³-hybridized carbons (Fsp3) is 0.471. The van der Waals surface area contributed by atoms with Gasteiger partial charge in [-0.15, -0.1) is 0 Å². The van der Waals surface area contributed by atoms with E-state index in [0.717, 1.165) is 13.3 Å². The molecule has 8 rings (SSSR count). The van der Waals surface area contributed by atoms with Crippen molar-refractivity contribution < 1.29 is 40.2 Å². The highest BCUT2D eigenvalue weighted by atomic mass is 19.4. The molecule has 10 nitrogen and oxygen atoms in total. The molecule has 1 saturated carbocycles. The van der Waals surface area contributed by atoms with Crippen molar-refractivity contribution in [3.63, 3.8) is 0 Å². The van der Waals surface area contributed by atoms with Gasteiger partial charge >= 0.3 is 12.2 Å². The van der Waals surface area contributed by atoms with Crippen LogP contribution >= 0.6 is 0 Å². The highest BCUT2D eigenvalue weighted by molar-refractivity contribution is 5.97. The molecule has 17 heteroatoms. The van der Waals surface area contributed by atoms with Gasteiger partial charge in [-0.3, -0.25) is 4.90 Å². The van der Waals surface area contributed by atoms with E-state index in [1.807, 2.05) is 11.8 Å². The molecular weight excluding hydrogens is 685 g/mol. The molecular formula is C34H33F7N8O2. The number of anilines is 3. The number of nitrogens with two attached hydrogens (primary N) is 2. The molecule has 3 fully saturated rings. The summed E-state index contributed by atoms with van der Waals surface area (Å²) in [6.07, 6.45) is -2.20. The molecule has 1 aromatic carbocycles. The van der Waals surface area contributed by atoms with E-state index in [9.17, 15) is 26.3 Å². The number of alkyl halides is 5. The van der Waals surface area contributed by atoms with Crippen LogP contribution < -0.4 is 25.8 Å². The van der Waals surface area contributed by atoms with Crippen LogP contribution in [-0.4, -0.2) is 69.1 Å². The molecule has 4 aliphatic rings. The third kappa shape index (κ3) is 5.09. The number of hydrogen-bond acceptors (Lipinski definition) is 10. The van der Waals surface area contributed by atoms with Crippen molar-refractivity contribution in [2.24, 2.45) is 5.41 Å². The van der Waals surface area contributed by atoms with E-state index >= 15 is 4.39 Å². The molecule has 51 heavy (non-hydrogen) atoms. The number of halogens is 7. The predicted molar refractivity (Wildman–Crippen MR) is 172 cm³/mol. The van der Waals surface area contributed by atoms with Gasteiger partial charge in [-0.25, -0.2) is 27.5 Å². The largest absolute Gasteiger partial charge is 0.475 e. The minimum Gasteiger partial charge on any atom is -0.475 e. The van der Waals surface area contributed by atoms with E-state index in [4.69, 9.17) is 20.9 Å². The summed E-state index contributed by atoms with van der Waals surface area (Å²) in [5, 5.41) is -0.0473. The lowest BCUT2D eigenvalue weighted by molar-refractivity contribution is -0.137. The normalized spacial score (nSPS) is 24.5. The first-order chi connectivity index (χ1) is 24.1. The van der Waals surface area contributed by atoms with E-state index in [-0.39, 0.29) is 68.1 Å². The summed E-state index contributed by atoms with van der Waals surface area (Å²) < 4.78 is 116. The molecule has 0 unspecified atom stereocenters. The Balaban J connectivity index is 1.30. The maximum absolute atomic E-state index is 16.9. The number of nitrogens with zero attached hydrogens (tertiary/aromatic N) is 6. The molecule has 0 amide bonds. The topological polar surface area (TPSA) is 129 Å². The first kappa shape index (κ1) is 33.5. The van der Waals surface area contributed by atoms with Crippen molar-refractivity contribution in [1.82, 2.24) is 24.8 Å². The summed E-state index contributed by atoms with van der Waals surface area (Å²) in [6, 6.07) is 3.28. The standard InChI is InChI=1S/C34H33F7N8O2/c1-16-22(34(39,40)41)19(11-20(42)23(16)35)25-24(36)26-21-28(49(9-10-50-29(21)45-25)17(2)18-5-3-7-44-27(18)43)47-30(46-26)51-15-32-6-4-8-48(32)14-31(12-32)13-33(31,37)38/h3,5,7,11,17H,4,6,8-10,12-15,42H2,1-2H3,(H2,43,44)/t17-,31-,32+/m1/s1. The van der Waals surface area contributed by atoms with Crippen LogP contribution in [0.5, 0.6) is 11.9 Å². The smallest absolute Gasteiger partial charge is 0.417 e. The van der Waals surface area contributed by atoms with E-state index in [2.05, 4.69) is 19.9 Å². The van der Waals surface area contributed by atoms with Gasteiger partial charge in [0.1, 0.15) is 47.3 Å². The molecule has 2 saturated heterocycles. The molecule has 0 bridgehead atoms. The number of rotatable bonds is 6. The van der Waals surface area contributed by atoms with Crippen molar-refractivity contribution in [2.75, 3.05) is 49.2 Å². The SMILES string of the molecule is Cc1c(F)c(N)cc(-c2nc3c4c(nc(OC[C@@]56CCCN5C[C@]5(CC5(F)F)C6)nc4c2F)N([C@H](C)c2cccnc2N)CCO3)c1C(F)(F)F. The van der Waals surface area contributed by atoms with Gasteiger partial charge in [-0.05, 0) is 57.4 Å². The summed E-state index contributed by atoms with van der Waals surface area (Å²) >= 11 is 0. The predicted octanol–water partition coefficient (Wildman–Crippen LogP) is 6.46. The van der Waals surface area contributed by atoms with Gasteiger partial charge in [0.05, 0.1) is 34.8 Å². The highest BCUT2D eigenvalue weighted by Crippen LogP contribution is 2.69. The molecule has 4 N–H and O–H groups in total. The minimum atomic E-state index is -5.11. The van der Waals surface area contributed by atoms with Crippen LogP contribution in [0.3, 0.4) is 0 Å². The van der Waals surface area contributed by atoms with Crippen LogP contribution in [-0.2, 0) is 6.18 Å². The highest BCUT2D eigenvalue weighted by Gasteiger charge is 2.77. The number of ether oxygens (including phenoxy) is 2. The number of nitrogen functional groups attached to an aromatic ring is 2. The molecule has 1 spiro atoms. The van der Waals surface area contributed by atoms with Crippen LogP contribution in [0.2, 0.25) is 0 Å². The molecule has 6 heterocycles. The molecule has 1 aliphatic carbocycles. The van der Waals surface area contributed by atoms with Gasteiger partial charge in [0.2, 0.25) is 5.88 Å². The zero-order valence-corrected chi connectivity index (χ0v) is 27.6. The van der Waals surface area contributed by atoms with Gasteiger partial charge in [0.25, 0.3) is 5.92 Å². The summed E-state index contributed by atoms with van der Waals surface area (Å²) in [6.45, 7) is 3.57. The maximum Gasteiger partial charge on any atom is 0.417 e. The third-order valence-corrected chi connectivity index (χ3v) is 11.0. The second-order valence-corrected chi connectivity index (χ2v) is 14.0. The van der Waals surface area contributed by atoms with Crippen LogP contribution in [0.25, 0.3) is 22.2 Å². The van der Waals surface area contributed by atoms with Crippen LogP contribution in [0.4, 0.5) is 48.1 Å². The molecule has 4 aromatic rings. The second-order valence-electron chi connectivity index (χ2n) is 14.0. The summed E-state index contributed by atoms with van der Waals surface area (Å²) in [4.78, 5) is 21.2. The van der Waals surface area contributed by atoms with Crippen LogP contribution in [0.1, 0.15) is 55.3 Å². The van der Waals surface area contributed by atoms with E-state index in [1.165, 1.54) is 6.20 Å². The second kappa shape index (κ2) is 11.2. The Morgan fingerprint density at radius 3 is 2.55 bits per heavy atom. The quantitative estimate of drug-likeness (QED) is 0.169. The van der Waals surface area contributed by atoms with Gasteiger partial charge in [-0.2, -0.15) is 23.1 Å². The number of fused-ring (bicyclic) bond motifs is 1. The van der Waals surface area contributed by atoms with Crippen molar-refractivity contribution >= 4 is 28.2 Å². The molecule has 3 aliphatic heterocycles. The molecule has 3 atom stereocenters. The molecule has 0 radical (unpaired) electrons. The Morgan fingerprint density at radius 1 is 1.08 bits per heavy atom. The Kier molecular flexibility index (Phi) is 7.33. The minimum absolute atomic E-state index is 0.0473. The van der Waals surface area contributed by atoms with E-state index < -0.39 is 74.3 Å². The maximum atomic E-state index is 16.9. The Labute approximate surface area is 287 Å². The Bertz CT molecular complexity index is 2100. The first-order valence-electron chi connectivity index (χ1n) is 16.5. The van der Waals surface area contributed by atoms with Crippen molar-refractivity contribution in [3.8, 4) is 23.1 Å². The molecule has 3 aromatic heterocycles. The number of pyridine rings is 2. The number of hydrogen-bond donors (Lipinski definition) is 2. The van der Waals surface area contributed by atoms with Crippen LogP contribution in [0.15, 0.2) is 24.4 Å².